The highest BCUT2D eigenvalue weighted by Gasteiger charge is 2.62. The predicted octanol–water partition coefficient (Wildman–Crippen LogP) is 7.10. The molecule has 0 heterocycles. The van der Waals surface area contributed by atoms with Gasteiger partial charge < -0.3 is 4.74 Å². The highest BCUT2D eigenvalue weighted by molar-refractivity contribution is 6.36. The summed E-state index contributed by atoms with van der Waals surface area (Å²) in [5.74, 6) is -10.2. The molecule has 31 heavy (non-hydrogen) atoms. The number of allylic oxidation sites excluding steroid dienone is 3. The Morgan fingerprint density at radius 1 is 1.03 bits per heavy atom. The smallest absolute Gasteiger partial charge is 0.426 e. The lowest BCUT2D eigenvalue weighted by atomic mass is 10.1. The zero-order valence-electron chi connectivity index (χ0n) is 15.8. The number of benzene rings is 1. The fourth-order valence-electron chi connectivity index (χ4n) is 3.14. The first-order valence-corrected chi connectivity index (χ1v) is 9.73. The molecule has 1 aromatic rings. The van der Waals surface area contributed by atoms with Crippen LogP contribution < -0.4 is 0 Å². The van der Waals surface area contributed by atoms with E-state index in [1.165, 1.54) is 13.8 Å². The van der Waals surface area contributed by atoms with Crippen LogP contribution >= 0.6 is 34.8 Å². The topological polar surface area (TPSA) is 26.3 Å². The maximum Gasteiger partial charge on any atom is 0.426 e. The summed E-state index contributed by atoms with van der Waals surface area (Å²) in [6, 6.07) is 0. The molecule has 1 aliphatic carbocycles. The fraction of sp³-hybridized carbons (Fsp3) is 0.421. The Kier molecular flexibility index (Phi) is 7.65. The molecule has 0 aliphatic heterocycles. The van der Waals surface area contributed by atoms with Gasteiger partial charge in [-0.1, -0.05) is 54.7 Å². The lowest BCUT2D eigenvalue weighted by Crippen LogP contribution is -2.15. The molecule has 0 unspecified atom stereocenters. The van der Waals surface area contributed by atoms with Crippen molar-refractivity contribution >= 4 is 40.8 Å². The van der Waals surface area contributed by atoms with Crippen LogP contribution in [0.1, 0.15) is 25.0 Å². The standard InChI is InChI=1S/C19H14Cl3F7O2/c1-18(2)10(4-11(22)19(27,28)29)12(18)17(30)31-6-9-15(25)13(23)8(3-7(21)5-20)14(24)16(9)26/h4-5,10,12H,3,6H2,1-2H3/t10-,12-/m0/s1. The largest absolute Gasteiger partial charge is 0.460 e. The number of halogens is 10. The number of rotatable bonds is 6. The normalized spacial score (nSPS) is 21.3. The van der Waals surface area contributed by atoms with E-state index in [1.807, 2.05) is 0 Å². The highest BCUT2D eigenvalue weighted by Crippen LogP contribution is 2.60. The number of alkyl halides is 3. The van der Waals surface area contributed by atoms with E-state index in [4.69, 9.17) is 39.5 Å². The van der Waals surface area contributed by atoms with Crippen molar-refractivity contribution in [2.75, 3.05) is 0 Å². The van der Waals surface area contributed by atoms with E-state index in [9.17, 15) is 35.5 Å². The van der Waals surface area contributed by atoms with Gasteiger partial charge >= 0.3 is 12.1 Å². The van der Waals surface area contributed by atoms with Crippen molar-refractivity contribution in [3.05, 3.63) is 56.1 Å². The molecule has 2 nitrogen and oxygen atoms in total. The van der Waals surface area contributed by atoms with Crippen molar-refractivity contribution in [3.63, 3.8) is 0 Å². The van der Waals surface area contributed by atoms with Crippen molar-refractivity contribution < 1.29 is 40.3 Å². The van der Waals surface area contributed by atoms with E-state index in [2.05, 4.69) is 0 Å². The van der Waals surface area contributed by atoms with Crippen LogP contribution in [0, 0.1) is 40.5 Å². The monoisotopic (exact) mass is 512 g/mol. The van der Waals surface area contributed by atoms with Gasteiger partial charge in [0.05, 0.1) is 11.5 Å². The third-order valence-corrected chi connectivity index (χ3v) is 5.99. The number of carbonyl (C=O) groups is 1. The molecule has 2 atom stereocenters. The molecule has 0 spiro atoms. The third-order valence-electron chi connectivity index (χ3n) is 5.03. The molecule has 1 aromatic carbocycles. The molecule has 0 saturated heterocycles. The minimum Gasteiger partial charge on any atom is -0.460 e. The lowest BCUT2D eigenvalue weighted by molar-refractivity contribution is -0.147. The molecule has 1 fully saturated rings. The first-order valence-electron chi connectivity index (χ1n) is 8.54. The Morgan fingerprint density at radius 3 is 1.97 bits per heavy atom. The van der Waals surface area contributed by atoms with E-state index >= 15 is 0 Å². The molecule has 0 N–H and O–H groups in total. The predicted molar refractivity (Wildman–Crippen MR) is 100 cm³/mol. The quantitative estimate of drug-likeness (QED) is 0.230. The van der Waals surface area contributed by atoms with Crippen LogP contribution in [0.4, 0.5) is 30.7 Å². The molecule has 0 aromatic heterocycles. The summed E-state index contributed by atoms with van der Waals surface area (Å²) in [6.45, 7) is 1.74. The van der Waals surface area contributed by atoms with E-state index in [0.29, 0.717) is 6.08 Å². The average Bonchev–Trinajstić information content (AvgIpc) is 3.22. The van der Waals surface area contributed by atoms with Gasteiger partial charge in [0.1, 0.15) is 11.6 Å². The molecular formula is C19H14Cl3F7O2. The van der Waals surface area contributed by atoms with Crippen molar-refractivity contribution in [3.8, 4) is 0 Å². The summed E-state index contributed by atoms with van der Waals surface area (Å²) in [5.41, 5.74) is -2.43. The van der Waals surface area contributed by atoms with Gasteiger partial charge in [-0.15, -0.1) is 0 Å². The molecule has 0 amide bonds. The van der Waals surface area contributed by atoms with Gasteiger partial charge in [0.15, 0.2) is 23.3 Å². The first-order chi connectivity index (χ1) is 14.1. The third kappa shape index (κ3) is 5.31. The molecule has 172 valence electrons. The van der Waals surface area contributed by atoms with Gasteiger partial charge in [-0.2, -0.15) is 13.2 Å². The van der Waals surface area contributed by atoms with E-state index < -0.39 is 81.9 Å². The summed E-state index contributed by atoms with van der Waals surface area (Å²) >= 11 is 16.0. The fourth-order valence-corrected chi connectivity index (χ4v) is 3.48. The van der Waals surface area contributed by atoms with E-state index in [0.717, 1.165) is 5.54 Å². The van der Waals surface area contributed by atoms with Crippen molar-refractivity contribution in [1.29, 1.82) is 0 Å². The number of hydrogen-bond donors (Lipinski definition) is 0. The second kappa shape index (κ2) is 9.19. The molecule has 1 aliphatic rings. The van der Waals surface area contributed by atoms with E-state index in [1.54, 1.807) is 0 Å². The van der Waals surface area contributed by atoms with Crippen molar-refractivity contribution in [2.24, 2.45) is 17.3 Å². The number of hydrogen-bond acceptors (Lipinski definition) is 2. The molecule has 0 bridgehead atoms. The Hall–Kier alpha value is -1.45. The van der Waals surface area contributed by atoms with E-state index in [-0.39, 0.29) is 5.03 Å². The minimum atomic E-state index is -4.81. The minimum absolute atomic E-state index is 0.287. The second-order valence-electron chi connectivity index (χ2n) is 7.39. The van der Waals surface area contributed by atoms with Gasteiger partial charge in [0, 0.05) is 22.6 Å². The molecule has 0 radical (unpaired) electrons. The van der Waals surface area contributed by atoms with Crippen LogP contribution in [0.2, 0.25) is 0 Å². The second-order valence-corrected chi connectivity index (χ2v) is 8.50. The van der Waals surface area contributed by atoms with Gasteiger partial charge in [-0.05, 0) is 11.3 Å². The van der Waals surface area contributed by atoms with Crippen LogP contribution in [0.15, 0.2) is 21.7 Å². The molecule has 1 saturated carbocycles. The Balaban J connectivity index is 2.21. The van der Waals surface area contributed by atoms with Crippen molar-refractivity contribution in [1.82, 2.24) is 0 Å². The number of esters is 1. The zero-order chi connectivity index (χ0) is 23.9. The molecule has 2 rings (SSSR count). The summed E-state index contributed by atoms with van der Waals surface area (Å²) in [7, 11) is 0. The van der Waals surface area contributed by atoms with Gasteiger partial charge in [-0.25, -0.2) is 17.6 Å². The van der Waals surface area contributed by atoms with Crippen LogP contribution in [-0.2, 0) is 22.6 Å². The van der Waals surface area contributed by atoms with Gasteiger partial charge in [0.25, 0.3) is 0 Å². The van der Waals surface area contributed by atoms with Crippen LogP contribution in [0.25, 0.3) is 0 Å². The summed E-state index contributed by atoms with van der Waals surface area (Å²) in [5, 5.41) is -1.72. The van der Waals surface area contributed by atoms with Crippen LogP contribution in [-0.4, -0.2) is 12.1 Å². The summed E-state index contributed by atoms with van der Waals surface area (Å²) in [4.78, 5) is 12.2. The summed E-state index contributed by atoms with van der Waals surface area (Å²) < 4.78 is 99.3. The Bertz CT molecular complexity index is 926. The summed E-state index contributed by atoms with van der Waals surface area (Å²) in [6.07, 6.45) is -4.88. The maximum atomic E-state index is 14.2. The molecular weight excluding hydrogens is 500 g/mol. The van der Waals surface area contributed by atoms with Crippen molar-refractivity contribution in [2.45, 2.75) is 33.1 Å². The average molecular weight is 514 g/mol. The Morgan fingerprint density at radius 2 is 1.52 bits per heavy atom. The zero-order valence-corrected chi connectivity index (χ0v) is 18.1. The van der Waals surface area contributed by atoms with Gasteiger partial charge in [-0.3, -0.25) is 4.79 Å². The SMILES string of the molecule is CC1(C)[C@H](C(=O)OCc2c(F)c(F)c(CC(Cl)=CCl)c(F)c2F)[C@@H]1C=C(Cl)C(F)(F)F. The lowest BCUT2D eigenvalue weighted by Gasteiger charge is -2.12. The highest BCUT2D eigenvalue weighted by atomic mass is 35.5. The van der Waals surface area contributed by atoms with Crippen LogP contribution in [0.3, 0.4) is 0 Å². The number of carbonyl (C=O) groups excluding carboxylic acids is 1. The maximum absolute atomic E-state index is 14.2. The first kappa shape index (κ1) is 25.8. The number of ether oxygens (including phenoxy) is 1. The van der Waals surface area contributed by atoms with Crippen LogP contribution in [0.5, 0.6) is 0 Å². The molecule has 12 heteroatoms. The van der Waals surface area contributed by atoms with Gasteiger partial charge in [0.2, 0.25) is 0 Å². The Labute approximate surface area is 187 Å².